The average Bonchev–Trinajstić information content (AvgIpc) is 3.37. The second-order valence-corrected chi connectivity index (χ2v) is 9.76. The van der Waals surface area contributed by atoms with Crippen molar-refractivity contribution in [3.05, 3.63) is 91.4 Å². The van der Waals surface area contributed by atoms with Gasteiger partial charge in [-0.2, -0.15) is 0 Å². The molecule has 3 aromatic rings. The Morgan fingerprint density at radius 1 is 1.17 bits per heavy atom. The van der Waals surface area contributed by atoms with Crippen LogP contribution in [0.4, 0.5) is 5.69 Å². The first kappa shape index (κ1) is 24.5. The summed E-state index contributed by atoms with van der Waals surface area (Å²) in [5.41, 5.74) is 2.88. The van der Waals surface area contributed by atoms with Crippen LogP contribution in [0.5, 0.6) is 0 Å². The predicted octanol–water partition coefficient (Wildman–Crippen LogP) is 4.28. The minimum absolute atomic E-state index is 0.0132. The van der Waals surface area contributed by atoms with Gasteiger partial charge in [-0.15, -0.1) is 11.3 Å². The van der Waals surface area contributed by atoms with Crippen LogP contribution in [0.15, 0.2) is 53.9 Å². The number of hydrogen-bond acceptors (Lipinski definition) is 6. The Kier molecular flexibility index (Phi) is 7.87. The van der Waals surface area contributed by atoms with E-state index in [1.54, 1.807) is 28.4 Å². The summed E-state index contributed by atoms with van der Waals surface area (Å²) in [6, 6.07) is 14.0. The van der Waals surface area contributed by atoms with E-state index in [-0.39, 0.29) is 29.8 Å². The summed E-state index contributed by atoms with van der Waals surface area (Å²) in [4.78, 5) is 44.0. The number of aromatic nitrogens is 1. The maximum absolute atomic E-state index is 12.9. The summed E-state index contributed by atoms with van der Waals surface area (Å²) in [5.74, 6) is -0.0734. The highest BCUT2D eigenvalue weighted by Gasteiger charge is 2.28. The first-order chi connectivity index (χ1) is 16.9. The average molecular weight is 493 g/mol. The summed E-state index contributed by atoms with van der Waals surface area (Å²) >= 11 is 1.68. The van der Waals surface area contributed by atoms with Crippen molar-refractivity contribution in [1.82, 2.24) is 15.2 Å². The number of amides is 2. The van der Waals surface area contributed by atoms with Gasteiger partial charge in [0, 0.05) is 48.3 Å². The predicted molar refractivity (Wildman–Crippen MR) is 135 cm³/mol. The van der Waals surface area contributed by atoms with Crippen molar-refractivity contribution in [1.29, 1.82) is 0 Å². The molecule has 0 atom stereocenters. The zero-order valence-corrected chi connectivity index (χ0v) is 20.4. The van der Waals surface area contributed by atoms with Gasteiger partial charge in [-0.1, -0.05) is 18.2 Å². The Balaban J connectivity index is 1.36. The molecule has 0 bridgehead atoms. The van der Waals surface area contributed by atoms with Crippen LogP contribution >= 0.6 is 11.3 Å². The van der Waals surface area contributed by atoms with Crippen LogP contribution in [-0.2, 0) is 17.6 Å². The van der Waals surface area contributed by atoms with Gasteiger partial charge in [0.2, 0.25) is 5.91 Å². The standard InChI is InChI=1S/C26H28N4O4S/c1-18-7-8-23(26(32)27-12-9-22-6-3-15-35-22)25(28-18)20-10-13-29(14-11-20)24(31)17-19-4-2-5-21(16-19)30(33)34/h2-8,15-16,20H,9-14,17H2,1H3,(H,27,32). The molecule has 0 spiro atoms. The summed E-state index contributed by atoms with van der Waals surface area (Å²) in [5, 5.41) is 16.0. The Morgan fingerprint density at radius 3 is 2.69 bits per heavy atom. The second-order valence-electron chi connectivity index (χ2n) is 8.73. The molecule has 1 N–H and O–H groups in total. The number of nitro groups is 1. The molecule has 1 saturated heterocycles. The molecule has 0 saturated carbocycles. The highest BCUT2D eigenvalue weighted by Crippen LogP contribution is 2.30. The molecule has 4 rings (SSSR count). The van der Waals surface area contributed by atoms with Crippen molar-refractivity contribution in [2.45, 2.75) is 38.5 Å². The van der Waals surface area contributed by atoms with Crippen LogP contribution in [0.25, 0.3) is 0 Å². The van der Waals surface area contributed by atoms with E-state index in [4.69, 9.17) is 4.98 Å². The van der Waals surface area contributed by atoms with Crippen molar-refractivity contribution in [2.75, 3.05) is 19.6 Å². The fraction of sp³-hybridized carbons (Fsp3) is 0.346. The van der Waals surface area contributed by atoms with Gasteiger partial charge in [0.05, 0.1) is 22.6 Å². The van der Waals surface area contributed by atoms with Crippen LogP contribution < -0.4 is 5.32 Å². The van der Waals surface area contributed by atoms with E-state index in [9.17, 15) is 19.7 Å². The maximum atomic E-state index is 12.9. The number of thiophene rings is 1. The van der Waals surface area contributed by atoms with E-state index < -0.39 is 4.92 Å². The van der Waals surface area contributed by atoms with Crippen LogP contribution in [0.2, 0.25) is 0 Å². The molecule has 35 heavy (non-hydrogen) atoms. The zero-order chi connectivity index (χ0) is 24.8. The second kappa shape index (κ2) is 11.2. The minimum Gasteiger partial charge on any atom is -0.352 e. The molecule has 2 aromatic heterocycles. The van der Waals surface area contributed by atoms with Gasteiger partial charge in [-0.05, 0) is 55.3 Å². The van der Waals surface area contributed by atoms with Crippen molar-refractivity contribution in [2.24, 2.45) is 0 Å². The highest BCUT2D eigenvalue weighted by molar-refractivity contribution is 7.09. The van der Waals surface area contributed by atoms with Gasteiger partial charge in [0.1, 0.15) is 0 Å². The topological polar surface area (TPSA) is 105 Å². The number of hydrogen-bond donors (Lipinski definition) is 1. The zero-order valence-electron chi connectivity index (χ0n) is 19.6. The third-order valence-corrected chi connectivity index (χ3v) is 7.19. The lowest BCUT2D eigenvalue weighted by atomic mass is 9.89. The molecule has 8 nitrogen and oxygen atoms in total. The largest absolute Gasteiger partial charge is 0.352 e. The third-order valence-electron chi connectivity index (χ3n) is 6.26. The number of carbonyl (C=O) groups is 2. The number of aryl methyl sites for hydroxylation is 1. The van der Waals surface area contributed by atoms with Crippen molar-refractivity contribution in [3.8, 4) is 0 Å². The molecule has 3 heterocycles. The maximum Gasteiger partial charge on any atom is 0.269 e. The molecule has 182 valence electrons. The van der Waals surface area contributed by atoms with E-state index in [0.717, 1.165) is 17.8 Å². The summed E-state index contributed by atoms with van der Waals surface area (Å²) in [6.45, 7) is 3.61. The Hall–Kier alpha value is -3.59. The lowest BCUT2D eigenvalue weighted by Crippen LogP contribution is -2.39. The molecule has 0 aliphatic carbocycles. The fourth-order valence-corrected chi connectivity index (χ4v) is 5.11. The molecule has 0 unspecified atom stereocenters. The summed E-state index contributed by atoms with van der Waals surface area (Å²) in [7, 11) is 0. The van der Waals surface area contributed by atoms with Crippen LogP contribution in [0, 0.1) is 17.0 Å². The number of carbonyl (C=O) groups excluding carboxylic acids is 2. The monoisotopic (exact) mass is 492 g/mol. The van der Waals surface area contributed by atoms with E-state index in [1.807, 2.05) is 30.5 Å². The number of nitro benzene ring substituents is 1. The molecule has 1 aliphatic rings. The minimum atomic E-state index is -0.454. The number of nitrogens with one attached hydrogen (secondary N) is 1. The lowest BCUT2D eigenvalue weighted by molar-refractivity contribution is -0.384. The number of non-ortho nitro benzene ring substituents is 1. The summed E-state index contributed by atoms with van der Waals surface area (Å²) in [6.07, 6.45) is 2.36. The van der Waals surface area contributed by atoms with Crippen LogP contribution in [-0.4, -0.2) is 46.3 Å². The van der Waals surface area contributed by atoms with Crippen LogP contribution in [0.3, 0.4) is 0 Å². The fourth-order valence-electron chi connectivity index (χ4n) is 4.40. The highest BCUT2D eigenvalue weighted by atomic mass is 32.1. The van der Waals surface area contributed by atoms with Gasteiger partial charge in [0.25, 0.3) is 11.6 Å². The van der Waals surface area contributed by atoms with Gasteiger partial charge < -0.3 is 10.2 Å². The molecule has 1 fully saturated rings. The van der Waals surface area contributed by atoms with Crippen molar-refractivity contribution < 1.29 is 14.5 Å². The molecule has 0 radical (unpaired) electrons. The number of rotatable bonds is 8. The van der Waals surface area contributed by atoms with E-state index in [0.29, 0.717) is 43.6 Å². The molecule has 1 aliphatic heterocycles. The van der Waals surface area contributed by atoms with Gasteiger partial charge in [-0.3, -0.25) is 24.7 Å². The first-order valence-electron chi connectivity index (χ1n) is 11.7. The number of piperidine rings is 1. The van der Waals surface area contributed by atoms with E-state index >= 15 is 0 Å². The van der Waals surface area contributed by atoms with Gasteiger partial charge in [-0.25, -0.2) is 0 Å². The normalized spacial score (nSPS) is 14.0. The molecule has 1 aromatic carbocycles. The smallest absolute Gasteiger partial charge is 0.269 e. The first-order valence-corrected chi connectivity index (χ1v) is 12.6. The van der Waals surface area contributed by atoms with E-state index in [1.165, 1.54) is 17.0 Å². The Morgan fingerprint density at radius 2 is 1.97 bits per heavy atom. The third kappa shape index (κ3) is 6.30. The molecule has 9 heteroatoms. The number of pyridine rings is 1. The molecular weight excluding hydrogens is 464 g/mol. The van der Waals surface area contributed by atoms with Crippen molar-refractivity contribution >= 4 is 28.8 Å². The SMILES string of the molecule is Cc1ccc(C(=O)NCCc2cccs2)c(C2CCN(C(=O)Cc3cccc([N+](=O)[O-])c3)CC2)n1. The molecular formula is C26H28N4O4S. The Labute approximate surface area is 208 Å². The van der Waals surface area contributed by atoms with Gasteiger partial charge in [0.15, 0.2) is 0 Å². The van der Waals surface area contributed by atoms with E-state index in [2.05, 4.69) is 11.4 Å². The quantitative estimate of drug-likeness (QED) is 0.373. The number of likely N-dealkylation sites (tertiary alicyclic amines) is 1. The lowest BCUT2D eigenvalue weighted by Gasteiger charge is -2.32. The number of nitrogens with zero attached hydrogens (tertiary/aromatic N) is 3. The van der Waals surface area contributed by atoms with Crippen molar-refractivity contribution in [3.63, 3.8) is 0 Å². The van der Waals surface area contributed by atoms with Gasteiger partial charge >= 0.3 is 0 Å². The summed E-state index contributed by atoms with van der Waals surface area (Å²) < 4.78 is 0. The van der Waals surface area contributed by atoms with Crippen LogP contribution in [0.1, 0.15) is 50.9 Å². The Bertz CT molecular complexity index is 1200. The number of benzene rings is 1. The molecule has 2 amide bonds.